The molecule has 0 saturated carbocycles. The van der Waals surface area contributed by atoms with Gasteiger partial charge in [0.15, 0.2) is 0 Å². The summed E-state index contributed by atoms with van der Waals surface area (Å²) in [6.45, 7) is 4.52. The zero-order valence-corrected chi connectivity index (χ0v) is 16.5. The fourth-order valence-electron chi connectivity index (χ4n) is 1.72. The number of carbonyl (C=O) groups excluding carboxylic acids is 2. The number of rotatable bonds is 14. The minimum Gasteiger partial charge on any atom is -0.302 e. The molecule has 0 atom stereocenters. The van der Waals surface area contributed by atoms with Crippen molar-refractivity contribution in [2.45, 2.75) is 65.2 Å². The Bertz CT molecular complexity index is 453. The molecule has 0 aromatic carbocycles. The van der Waals surface area contributed by atoms with E-state index in [1.54, 1.807) is 27.7 Å². The molecule has 0 aliphatic rings. The summed E-state index contributed by atoms with van der Waals surface area (Å²) in [5.74, 6) is -10.5. The van der Waals surface area contributed by atoms with Gasteiger partial charge in [0.2, 0.25) is 11.6 Å². The van der Waals surface area contributed by atoms with Crippen molar-refractivity contribution in [1.29, 1.82) is 0 Å². The fraction of sp³-hybridized carbons (Fsp3) is 0.875. The second-order valence-corrected chi connectivity index (χ2v) is 8.02. The van der Waals surface area contributed by atoms with Crippen LogP contribution in [0.1, 0.15) is 53.4 Å². The lowest BCUT2D eigenvalue weighted by atomic mass is 10.0. The molecule has 10 heteroatoms. The Hall–Kier alpha value is -0.790. The average molecular weight is 406 g/mol. The third-order valence-corrected chi connectivity index (χ3v) is 4.29. The monoisotopic (exact) mass is 406 g/mol. The number of halogens is 4. The molecule has 0 heterocycles. The Labute approximate surface area is 151 Å². The molecule has 0 fully saturated rings. The van der Waals surface area contributed by atoms with Crippen molar-refractivity contribution in [1.82, 2.24) is 0 Å². The van der Waals surface area contributed by atoms with E-state index in [0.717, 1.165) is 0 Å². The van der Waals surface area contributed by atoms with Crippen LogP contribution >= 0.6 is 8.25 Å². The van der Waals surface area contributed by atoms with Crippen molar-refractivity contribution >= 4 is 19.8 Å². The van der Waals surface area contributed by atoms with E-state index in [1.807, 2.05) is 0 Å². The number of carbonyl (C=O) groups is 2. The van der Waals surface area contributed by atoms with Gasteiger partial charge in [-0.05, 0) is 24.7 Å². The quantitative estimate of drug-likeness (QED) is 0.309. The lowest BCUT2D eigenvalue weighted by molar-refractivity contribution is -0.147. The lowest BCUT2D eigenvalue weighted by Gasteiger charge is -2.17. The molecule has 0 aromatic rings. The van der Waals surface area contributed by atoms with E-state index in [4.69, 9.17) is 0 Å². The number of Topliss-reactive ketones (excluding diaryl/α,β-unsaturated/α-hetero) is 2. The summed E-state index contributed by atoms with van der Waals surface area (Å²) in [7, 11) is -3.52. The highest BCUT2D eigenvalue weighted by atomic mass is 31.1. The fourth-order valence-corrected chi connectivity index (χ4v) is 2.30. The Morgan fingerprint density at radius 2 is 1.12 bits per heavy atom. The van der Waals surface area contributed by atoms with Gasteiger partial charge in [-0.2, -0.15) is 17.6 Å². The van der Waals surface area contributed by atoms with E-state index in [1.165, 1.54) is 0 Å². The molecule has 5 nitrogen and oxygen atoms in total. The molecular formula is C16H27F4O5P. The lowest BCUT2D eigenvalue weighted by Crippen LogP contribution is -2.32. The van der Waals surface area contributed by atoms with Crippen LogP contribution in [0.3, 0.4) is 0 Å². The molecule has 0 spiro atoms. The van der Waals surface area contributed by atoms with Crippen molar-refractivity contribution in [3.8, 4) is 0 Å². The maximum atomic E-state index is 13.5. The van der Waals surface area contributed by atoms with E-state index in [9.17, 15) is 31.7 Å². The molecule has 154 valence electrons. The molecular weight excluding hydrogens is 379 g/mol. The molecule has 0 aromatic heterocycles. The highest BCUT2D eigenvalue weighted by Gasteiger charge is 2.39. The predicted molar refractivity (Wildman–Crippen MR) is 89.0 cm³/mol. The second kappa shape index (κ2) is 11.1. The van der Waals surface area contributed by atoms with Crippen LogP contribution in [0.4, 0.5) is 17.6 Å². The summed E-state index contributed by atoms with van der Waals surface area (Å²) in [5, 5.41) is 0. The average Bonchev–Trinajstić information content (AvgIpc) is 2.53. The molecule has 0 bridgehead atoms. The molecule has 0 N–H and O–H groups in total. The van der Waals surface area contributed by atoms with Crippen LogP contribution in [0.2, 0.25) is 0 Å². The summed E-state index contributed by atoms with van der Waals surface area (Å²) >= 11 is 0. The molecule has 0 unspecified atom stereocenters. The van der Waals surface area contributed by atoms with Crippen LogP contribution < -0.4 is 0 Å². The van der Waals surface area contributed by atoms with Gasteiger partial charge < -0.3 is 9.05 Å². The molecule has 0 saturated heterocycles. The van der Waals surface area contributed by atoms with E-state index >= 15 is 0 Å². The van der Waals surface area contributed by atoms with Crippen LogP contribution in [0.15, 0.2) is 0 Å². The molecule has 0 radical (unpaired) electrons. The SMILES string of the molecule is CC(C)CCC(F)(F)C(=O)CO[PH](=O)OCC(=O)C(F)(F)CCC(C)C. The minimum absolute atomic E-state index is 0.0274. The van der Waals surface area contributed by atoms with Crippen LogP contribution in [-0.2, 0) is 23.2 Å². The van der Waals surface area contributed by atoms with Gasteiger partial charge in [-0.1, -0.05) is 27.7 Å². The molecule has 0 rings (SSSR count). The summed E-state index contributed by atoms with van der Waals surface area (Å²) in [5.41, 5.74) is 0. The Kier molecular flexibility index (Phi) is 10.8. The van der Waals surface area contributed by atoms with E-state index in [-0.39, 0.29) is 24.7 Å². The van der Waals surface area contributed by atoms with Gasteiger partial charge in [-0.3, -0.25) is 14.2 Å². The van der Waals surface area contributed by atoms with Gasteiger partial charge in [0.05, 0.1) is 0 Å². The predicted octanol–water partition coefficient (Wildman–Crippen LogP) is 4.69. The molecule has 0 aliphatic heterocycles. The van der Waals surface area contributed by atoms with Gasteiger partial charge in [0.1, 0.15) is 13.2 Å². The van der Waals surface area contributed by atoms with Crippen LogP contribution in [0.5, 0.6) is 0 Å². The smallest absolute Gasteiger partial charge is 0.302 e. The third kappa shape index (κ3) is 10.4. The molecule has 0 aliphatic carbocycles. The minimum atomic E-state index is -3.63. The summed E-state index contributed by atoms with van der Waals surface area (Å²) in [6.07, 6.45) is -1.11. The largest absolute Gasteiger partial charge is 0.320 e. The number of alkyl halides is 4. The molecule has 26 heavy (non-hydrogen) atoms. The van der Waals surface area contributed by atoms with E-state index < -0.39 is 57.7 Å². The van der Waals surface area contributed by atoms with Crippen molar-refractivity contribution < 1.29 is 40.8 Å². The Morgan fingerprint density at radius 3 is 1.38 bits per heavy atom. The van der Waals surface area contributed by atoms with Crippen molar-refractivity contribution in [3.63, 3.8) is 0 Å². The van der Waals surface area contributed by atoms with Crippen molar-refractivity contribution in [2.75, 3.05) is 13.2 Å². The highest BCUT2D eigenvalue weighted by molar-refractivity contribution is 7.33. The summed E-state index contributed by atoms with van der Waals surface area (Å²) in [4.78, 5) is 22.8. The maximum Gasteiger partial charge on any atom is 0.320 e. The number of hydrogen-bond donors (Lipinski definition) is 0. The maximum absolute atomic E-state index is 13.5. The van der Waals surface area contributed by atoms with Crippen LogP contribution in [-0.4, -0.2) is 36.6 Å². The zero-order valence-electron chi connectivity index (χ0n) is 15.5. The standard InChI is InChI=1S/C16H27F4O5P/c1-11(2)5-7-15(17,18)13(21)9-24-26(23)25-10-14(22)16(19,20)8-6-12(3)4/h11-12,26H,5-10H2,1-4H3. The van der Waals surface area contributed by atoms with E-state index in [0.29, 0.717) is 0 Å². The Balaban J connectivity index is 4.30. The summed E-state index contributed by atoms with van der Waals surface area (Å²) < 4.78 is 74.2. The first-order valence-corrected chi connectivity index (χ1v) is 9.62. The topological polar surface area (TPSA) is 69.7 Å². The molecule has 0 amide bonds. The van der Waals surface area contributed by atoms with Crippen molar-refractivity contribution in [3.05, 3.63) is 0 Å². The highest BCUT2D eigenvalue weighted by Crippen LogP contribution is 2.30. The number of hydrogen-bond acceptors (Lipinski definition) is 5. The van der Waals surface area contributed by atoms with Gasteiger partial charge in [-0.25, -0.2) is 0 Å². The van der Waals surface area contributed by atoms with Crippen LogP contribution in [0, 0.1) is 11.8 Å². The first kappa shape index (κ1) is 25.2. The summed E-state index contributed by atoms with van der Waals surface area (Å²) in [6, 6.07) is 0. The van der Waals surface area contributed by atoms with Crippen LogP contribution in [0.25, 0.3) is 0 Å². The Morgan fingerprint density at radius 1 is 0.808 bits per heavy atom. The first-order chi connectivity index (χ1) is 11.8. The number of ketones is 2. The zero-order chi connectivity index (χ0) is 20.5. The van der Waals surface area contributed by atoms with Crippen molar-refractivity contribution in [2.24, 2.45) is 11.8 Å². The second-order valence-electron chi connectivity index (χ2n) is 6.95. The van der Waals surface area contributed by atoms with Gasteiger partial charge >= 0.3 is 20.1 Å². The van der Waals surface area contributed by atoms with Gasteiger partial charge in [0.25, 0.3) is 0 Å². The van der Waals surface area contributed by atoms with E-state index in [2.05, 4.69) is 9.05 Å². The van der Waals surface area contributed by atoms with Gasteiger partial charge in [0, 0.05) is 12.8 Å². The first-order valence-electron chi connectivity index (χ1n) is 8.39. The third-order valence-electron chi connectivity index (χ3n) is 3.53. The van der Waals surface area contributed by atoms with Gasteiger partial charge in [-0.15, -0.1) is 0 Å². The normalized spacial score (nSPS) is 13.0.